The van der Waals surface area contributed by atoms with Crippen molar-refractivity contribution in [3.8, 4) is 0 Å². The summed E-state index contributed by atoms with van der Waals surface area (Å²) in [5, 5.41) is 9.26. The Morgan fingerprint density at radius 2 is 1.60 bits per heavy atom. The van der Waals surface area contributed by atoms with E-state index < -0.39 is 17.5 Å². The molecule has 0 spiro atoms. The van der Waals surface area contributed by atoms with E-state index in [-0.39, 0.29) is 11.1 Å². The Morgan fingerprint density at radius 3 is 2.24 bits per heavy atom. The first kappa shape index (κ1) is 18.7. The molecule has 0 aromatic heterocycles. The number of aryl methyl sites for hydroxylation is 1. The van der Waals surface area contributed by atoms with Crippen LogP contribution in [0.1, 0.15) is 65.5 Å². The summed E-state index contributed by atoms with van der Waals surface area (Å²) in [5.74, 6) is -1.78. The number of benzene rings is 2. The lowest BCUT2D eigenvalue weighted by Crippen LogP contribution is -2.28. The zero-order chi connectivity index (χ0) is 18.4. The van der Waals surface area contributed by atoms with Gasteiger partial charge in [0.15, 0.2) is 0 Å². The first-order valence-electron chi connectivity index (χ1n) is 8.51. The Morgan fingerprint density at radius 1 is 1.00 bits per heavy atom. The van der Waals surface area contributed by atoms with Gasteiger partial charge in [-0.05, 0) is 49.9 Å². The molecule has 4 heteroatoms. The molecular formula is C21H24O4. The molecule has 0 amide bonds. The van der Waals surface area contributed by atoms with Gasteiger partial charge in [-0.25, -0.2) is 9.59 Å². The van der Waals surface area contributed by atoms with Crippen molar-refractivity contribution in [3.63, 3.8) is 0 Å². The van der Waals surface area contributed by atoms with Crippen molar-refractivity contribution in [2.24, 2.45) is 0 Å². The van der Waals surface area contributed by atoms with E-state index in [1.807, 2.05) is 38.1 Å². The van der Waals surface area contributed by atoms with E-state index in [0.29, 0.717) is 0 Å². The van der Waals surface area contributed by atoms with E-state index in [9.17, 15) is 14.7 Å². The van der Waals surface area contributed by atoms with Crippen LogP contribution in [0.15, 0.2) is 48.5 Å². The summed E-state index contributed by atoms with van der Waals surface area (Å²) < 4.78 is 5.72. The second kappa shape index (κ2) is 7.97. The van der Waals surface area contributed by atoms with Crippen LogP contribution >= 0.6 is 0 Å². The molecule has 2 rings (SSSR count). The second-order valence-electron chi connectivity index (χ2n) is 6.51. The lowest BCUT2D eigenvalue weighted by Gasteiger charge is -2.28. The number of esters is 1. The highest BCUT2D eigenvalue weighted by Gasteiger charge is 2.29. The topological polar surface area (TPSA) is 63.6 Å². The Labute approximate surface area is 148 Å². The van der Waals surface area contributed by atoms with Gasteiger partial charge < -0.3 is 9.84 Å². The first-order chi connectivity index (χ1) is 11.9. The highest BCUT2D eigenvalue weighted by atomic mass is 16.6. The molecular weight excluding hydrogens is 316 g/mol. The predicted molar refractivity (Wildman–Crippen MR) is 96.9 cm³/mol. The second-order valence-corrected chi connectivity index (χ2v) is 6.51. The fourth-order valence-corrected chi connectivity index (χ4v) is 2.88. The Bertz CT molecular complexity index is 762. The quantitative estimate of drug-likeness (QED) is 0.734. The number of hydrogen-bond donors (Lipinski definition) is 1. The number of carbonyl (C=O) groups excluding carboxylic acids is 1. The highest BCUT2D eigenvalue weighted by Crippen LogP contribution is 2.30. The molecule has 0 heterocycles. The molecule has 0 unspecified atom stereocenters. The van der Waals surface area contributed by atoms with Crippen LogP contribution in [0.5, 0.6) is 0 Å². The number of carbonyl (C=O) groups is 2. The third kappa shape index (κ3) is 4.47. The van der Waals surface area contributed by atoms with Gasteiger partial charge >= 0.3 is 11.9 Å². The minimum atomic E-state index is -1.14. The molecule has 2 aromatic rings. The number of carboxylic acid groups (broad SMARTS) is 1. The maximum atomic E-state index is 12.6. The Balaban J connectivity index is 2.30. The highest BCUT2D eigenvalue weighted by molar-refractivity contribution is 6.02. The predicted octanol–water partition coefficient (Wildman–Crippen LogP) is 4.82. The van der Waals surface area contributed by atoms with E-state index in [2.05, 4.69) is 6.92 Å². The molecule has 0 saturated carbocycles. The van der Waals surface area contributed by atoms with E-state index in [4.69, 9.17) is 4.74 Å². The third-order valence-electron chi connectivity index (χ3n) is 4.19. The van der Waals surface area contributed by atoms with E-state index in [1.165, 1.54) is 12.1 Å². The number of hydrogen-bond acceptors (Lipinski definition) is 3. The van der Waals surface area contributed by atoms with Gasteiger partial charge in [0.1, 0.15) is 5.60 Å². The van der Waals surface area contributed by atoms with Crippen molar-refractivity contribution < 1.29 is 19.4 Å². The SMILES string of the molecule is CCCCc1ccccc1C(C)(C)OC(=O)c1ccccc1C(=O)O. The summed E-state index contributed by atoms with van der Waals surface area (Å²) in [6.07, 6.45) is 3.06. The maximum Gasteiger partial charge on any atom is 0.339 e. The molecule has 4 nitrogen and oxygen atoms in total. The van der Waals surface area contributed by atoms with E-state index in [0.717, 1.165) is 30.4 Å². The van der Waals surface area contributed by atoms with Gasteiger partial charge in [-0.15, -0.1) is 0 Å². The largest absolute Gasteiger partial charge is 0.478 e. The van der Waals surface area contributed by atoms with E-state index >= 15 is 0 Å². The fraction of sp³-hybridized carbons (Fsp3) is 0.333. The number of unbranched alkanes of at least 4 members (excludes halogenated alkanes) is 1. The molecule has 0 atom stereocenters. The van der Waals surface area contributed by atoms with Crippen molar-refractivity contribution in [1.29, 1.82) is 0 Å². The third-order valence-corrected chi connectivity index (χ3v) is 4.19. The maximum absolute atomic E-state index is 12.6. The van der Waals surface area contributed by atoms with Crippen molar-refractivity contribution in [2.45, 2.75) is 45.6 Å². The van der Waals surface area contributed by atoms with E-state index in [1.54, 1.807) is 12.1 Å². The molecule has 1 N–H and O–H groups in total. The molecule has 0 radical (unpaired) electrons. The summed E-state index contributed by atoms with van der Waals surface area (Å²) in [5.41, 5.74) is 1.25. The Hall–Kier alpha value is -2.62. The molecule has 0 bridgehead atoms. The van der Waals surface area contributed by atoms with Crippen LogP contribution in [-0.2, 0) is 16.8 Å². The molecule has 0 saturated heterocycles. The zero-order valence-electron chi connectivity index (χ0n) is 14.9. The lowest BCUT2D eigenvalue weighted by atomic mass is 9.90. The summed E-state index contributed by atoms with van der Waals surface area (Å²) in [6.45, 7) is 5.80. The lowest BCUT2D eigenvalue weighted by molar-refractivity contribution is -0.00378. The molecule has 25 heavy (non-hydrogen) atoms. The summed E-state index contributed by atoms with van der Waals surface area (Å²) in [6, 6.07) is 14.0. The van der Waals surface area contributed by atoms with Crippen molar-refractivity contribution in [2.75, 3.05) is 0 Å². The normalized spacial score (nSPS) is 11.2. The van der Waals surface area contributed by atoms with Crippen LogP contribution in [0.2, 0.25) is 0 Å². The number of carboxylic acids is 1. The van der Waals surface area contributed by atoms with Gasteiger partial charge in [0.2, 0.25) is 0 Å². The van der Waals surface area contributed by atoms with Crippen molar-refractivity contribution in [1.82, 2.24) is 0 Å². The van der Waals surface area contributed by atoms with Crippen molar-refractivity contribution >= 4 is 11.9 Å². The van der Waals surface area contributed by atoms with Crippen LogP contribution in [0, 0.1) is 0 Å². The van der Waals surface area contributed by atoms with Gasteiger partial charge in [0.25, 0.3) is 0 Å². The molecule has 0 aliphatic carbocycles. The van der Waals surface area contributed by atoms with Crippen LogP contribution in [0.25, 0.3) is 0 Å². The molecule has 0 aliphatic heterocycles. The van der Waals surface area contributed by atoms with Gasteiger partial charge in [-0.2, -0.15) is 0 Å². The average Bonchev–Trinajstić information content (AvgIpc) is 2.59. The molecule has 0 aliphatic rings. The molecule has 132 valence electrons. The zero-order valence-corrected chi connectivity index (χ0v) is 14.9. The molecule has 0 fully saturated rings. The van der Waals surface area contributed by atoms with Gasteiger partial charge in [-0.3, -0.25) is 0 Å². The summed E-state index contributed by atoms with van der Waals surface area (Å²) in [7, 11) is 0. The average molecular weight is 340 g/mol. The fourth-order valence-electron chi connectivity index (χ4n) is 2.88. The Kier molecular flexibility index (Phi) is 5.97. The smallest absolute Gasteiger partial charge is 0.339 e. The number of ether oxygens (including phenoxy) is 1. The van der Waals surface area contributed by atoms with Crippen LogP contribution in [0.4, 0.5) is 0 Å². The minimum Gasteiger partial charge on any atom is -0.478 e. The van der Waals surface area contributed by atoms with Gasteiger partial charge in [0, 0.05) is 0 Å². The van der Waals surface area contributed by atoms with Crippen molar-refractivity contribution in [3.05, 3.63) is 70.8 Å². The number of aromatic carboxylic acids is 1. The van der Waals surface area contributed by atoms with Gasteiger partial charge in [0.05, 0.1) is 11.1 Å². The van der Waals surface area contributed by atoms with Crippen LogP contribution < -0.4 is 0 Å². The van der Waals surface area contributed by atoms with Gasteiger partial charge in [-0.1, -0.05) is 49.7 Å². The monoisotopic (exact) mass is 340 g/mol. The summed E-state index contributed by atoms with van der Waals surface area (Å²) in [4.78, 5) is 23.9. The summed E-state index contributed by atoms with van der Waals surface area (Å²) >= 11 is 0. The standard InChI is InChI=1S/C21H24O4/c1-4-5-10-15-11-6-9-14-18(15)21(2,3)25-20(24)17-13-8-7-12-16(17)19(22)23/h6-9,11-14H,4-5,10H2,1-3H3,(H,22,23). The van der Waals surface area contributed by atoms with Crippen LogP contribution in [-0.4, -0.2) is 17.0 Å². The molecule has 2 aromatic carbocycles. The number of rotatable bonds is 7. The minimum absolute atomic E-state index is 0.0532. The van der Waals surface area contributed by atoms with Crippen LogP contribution in [0.3, 0.4) is 0 Å². The first-order valence-corrected chi connectivity index (χ1v) is 8.51.